The highest BCUT2D eigenvalue weighted by molar-refractivity contribution is 5.99. The van der Waals surface area contributed by atoms with E-state index in [2.05, 4.69) is 15.2 Å². The lowest BCUT2D eigenvalue weighted by Gasteiger charge is -2.08. The third-order valence-electron chi connectivity index (χ3n) is 3.13. The number of pyridine rings is 1. The van der Waals surface area contributed by atoms with Crippen LogP contribution in [0.4, 0.5) is 0 Å². The van der Waals surface area contributed by atoms with Gasteiger partial charge in [0.25, 0.3) is 11.5 Å². The van der Waals surface area contributed by atoms with E-state index in [1.165, 1.54) is 23.3 Å². The highest BCUT2D eigenvalue weighted by Gasteiger charge is 2.19. The van der Waals surface area contributed by atoms with E-state index in [-0.39, 0.29) is 5.56 Å². The molecule has 8 nitrogen and oxygen atoms in total. The van der Waals surface area contributed by atoms with Crippen molar-refractivity contribution in [2.45, 2.75) is 0 Å². The first-order chi connectivity index (χ1) is 10.6. The zero-order valence-corrected chi connectivity index (χ0v) is 11.7. The topological polar surface area (TPSA) is 109 Å². The number of rotatable bonds is 3. The maximum Gasteiger partial charge on any atom is 0.285 e. The van der Waals surface area contributed by atoms with Crippen LogP contribution in [0.2, 0.25) is 0 Å². The van der Waals surface area contributed by atoms with Gasteiger partial charge in [0.15, 0.2) is 0 Å². The fourth-order valence-electron chi connectivity index (χ4n) is 2.13. The Labute approximate surface area is 124 Å². The van der Waals surface area contributed by atoms with Crippen molar-refractivity contribution in [2.75, 3.05) is 0 Å². The van der Waals surface area contributed by atoms with Crippen LogP contribution in [0.5, 0.6) is 0 Å². The van der Waals surface area contributed by atoms with E-state index in [1.54, 1.807) is 31.6 Å². The normalized spacial score (nSPS) is 10.6. The Hall–Kier alpha value is -3.29. The maximum absolute atomic E-state index is 12.6. The van der Waals surface area contributed by atoms with E-state index >= 15 is 0 Å². The molecule has 22 heavy (non-hydrogen) atoms. The summed E-state index contributed by atoms with van der Waals surface area (Å²) >= 11 is 0. The summed E-state index contributed by atoms with van der Waals surface area (Å²) in [6.45, 7) is 0. The minimum atomic E-state index is -0.816. The number of carbonyl (C=O) groups is 1. The number of carbonyl (C=O) groups excluding carboxylic acids is 1. The fraction of sp³-hybridized carbons (Fsp3) is 0.0714. The molecule has 8 heteroatoms. The van der Waals surface area contributed by atoms with Crippen LogP contribution in [0.25, 0.3) is 16.8 Å². The van der Waals surface area contributed by atoms with Gasteiger partial charge in [-0.2, -0.15) is 14.9 Å². The van der Waals surface area contributed by atoms with Gasteiger partial charge < -0.3 is 5.73 Å². The first kappa shape index (κ1) is 13.7. The summed E-state index contributed by atoms with van der Waals surface area (Å²) in [5.74, 6) is -0.816. The third-order valence-corrected chi connectivity index (χ3v) is 3.13. The molecule has 0 radical (unpaired) electrons. The summed E-state index contributed by atoms with van der Waals surface area (Å²) in [5.41, 5.74) is 6.06. The first-order valence-corrected chi connectivity index (χ1v) is 6.39. The van der Waals surface area contributed by atoms with Crippen molar-refractivity contribution in [3.05, 3.63) is 59.0 Å². The summed E-state index contributed by atoms with van der Waals surface area (Å²) in [5, 5.41) is 8.08. The molecule has 2 N–H and O–H groups in total. The summed E-state index contributed by atoms with van der Waals surface area (Å²) in [6, 6.07) is 3.43. The molecule has 0 aromatic carbocycles. The van der Waals surface area contributed by atoms with Gasteiger partial charge >= 0.3 is 0 Å². The van der Waals surface area contributed by atoms with E-state index < -0.39 is 11.5 Å². The second-order valence-corrected chi connectivity index (χ2v) is 4.63. The molecule has 0 saturated carbocycles. The first-order valence-electron chi connectivity index (χ1n) is 6.39. The van der Waals surface area contributed by atoms with Crippen LogP contribution in [0.3, 0.4) is 0 Å². The van der Waals surface area contributed by atoms with Gasteiger partial charge in [-0.3, -0.25) is 19.3 Å². The van der Waals surface area contributed by atoms with Gasteiger partial charge in [-0.15, -0.1) is 0 Å². The Morgan fingerprint density at radius 3 is 2.64 bits per heavy atom. The zero-order valence-electron chi connectivity index (χ0n) is 11.7. The zero-order chi connectivity index (χ0) is 15.7. The Morgan fingerprint density at radius 1 is 1.23 bits per heavy atom. The standard InChI is InChI=1S/C14H12N6O2/c1-19-8-10(6-17-19)20-14(22)12(13(15)21)11(7-18-20)9-3-2-4-16-5-9/h2-8H,1H3,(H2,15,21). The summed E-state index contributed by atoms with van der Waals surface area (Å²) in [7, 11) is 1.72. The molecular formula is C14H12N6O2. The lowest BCUT2D eigenvalue weighted by atomic mass is 10.0. The van der Waals surface area contributed by atoms with E-state index in [0.717, 1.165) is 4.68 Å². The van der Waals surface area contributed by atoms with E-state index in [0.29, 0.717) is 16.8 Å². The van der Waals surface area contributed by atoms with Crippen LogP contribution in [0, 0.1) is 0 Å². The van der Waals surface area contributed by atoms with Crippen molar-refractivity contribution in [2.24, 2.45) is 12.8 Å². The van der Waals surface area contributed by atoms with E-state index in [9.17, 15) is 9.59 Å². The van der Waals surface area contributed by atoms with Gasteiger partial charge in [0, 0.05) is 30.6 Å². The molecule has 0 fully saturated rings. The third kappa shape index (κ3) is 2.26. The van der Waals surface area contributed by atoms with Gasteiger partial charge in [0.2, 0.25) is 0 Å². The molecular weight excluding hydrogens is 284 g/mol. The Kier molecular flexibility index (Phi) is 3.26. The second kappa shape index (κ2) is 5.24. The van der Waals surface area contributed by atoms with Crippen molar-refractivity contribution in [1.29, 1.82) is 0 Å². The highest BCUT2D eigenvalue weighted by atomic mass is 16.2. The average Bonchev–Trinajstić information content (AvgIpc) is 2.93. The molecule has 3 aromatic heterocycles. The molecule has 1 amide bonds. The lowest BCUT2D eigenvalue weighted by molar-refractivity contribution is 0.0999. The van der Waals surface area contributed by atoms with E-state index in [1.807, 2.05) is 0 Å². The van der Waals surface area contributed by atoms with Crippen molar-refractivity contribution in [3.8, 4) is 16.8 Å². The molecule has 3 rings (SSSR count). The van der Waals surface area contributed by atoms with Gasteiger partial charge in [-0.1, -0.05) is 6.07 Å². The SMILES string of the molecule is Cn1cc(-n2ncc(-c3cccnc3)c(C(N)=O)c2=O)cn1. The fourth-order valence-corrected chi connectivity index (χ4v) is 2.13. The highest BCUT2D eigenvalue weighted by Crippen LogP contribution is 2.19. The van der Waals surface area contributed by atoms with Crippen LogP contribution in [-0.4, -0.2) is 30.5 Å². The summed E-state index contributed by atoms with van der Waals surface area (Å²) < 4.78 is 2.62. The Morgan fingerprint density at radius 2 is 2.05 bits per heavy atom. The number of nitrogens with zero attached hydrogens (tertiary/aromatic N) is 5. The Balaban J connectivity index is 2.25. The predicted molar refractivity (Wildman–Crippen MR) is 78.3 cm³/mol. The molecule has 0 bridgehead atoms. The Bertz CT molecular complexity index is 897. The second-order valence-electron chi connectivity index (χ2n) is 4.63. The van der Waals surface area contributed by atoms with Gasteiger partial charge in [0.1, 0.15) is 11.3 Å². The minimum Gasteiger partial charge on any atom is -0.365 e. The largest absolute Gasteiger partial charge is 0.365 e. The van der Waals surface area contributed by atoms with Crippen molar-refractivity contribution in [1.82, 2.24) is 24.5 Å². The number of aromatic nitrogens is 5. The molecule has 3 aromatic rings. The van der Waals surface area contributed by atoms with Gasteiger partial charge in [-0.05, 0) is 6.07 Å². The number of nitrogens with two attached hydrogens (primary N) is 1. The predicted octanol–water partition coefficient (Wildman–Crippen LogP) is 0.127. The van der Waals surface area contributed by atoms with Crippen LogP contribution >= 0.6 is 0 Å². The van der Waals surface area contributed by atoms with Crippen molar-refractivity contribution >= 4 is 5.91 Å². The van der Waals surface area contributed by atoms with Crippen molar-refractivity contribution < 1.29 is 4.79 Å². The molecule has 0 spiro atoms. The molecule has 0 aliphatic rings. The minimum absolute atomic E-state index is 0.133. The smallest absolute Gasteiger partial charge is 0.285 e. The number of hydrogen-bond donors (Lipinski definition) is 1. The average molecular weight is 296 g/mol. The summed E-state index contributed by atoms with van der Waals surface area (Å²) in [4.78, 5) is 28.3. The molecule has 0 atom stereocenters. The number of aryl methyl sites for hydroxylation is 1. The van der Waals surface area contributed by atoms with Crippen LogP contribution in [0.1, 0.15) is 10.4 Å². The number of primary amides is 1. The van der Waals surface area contributed by atoms with Crippen LogP contribution in [-0.2, 0) is 7.05 Å². The molecule has 3 heterocycles. The number of hydrogen-bond acceptors (Lipinski definition) is 5. The quantitative estimate of drug-likeness (QED) is 0.738. The molecule has 0 saturated heterocycles. The lowest BCUT2D eigenvalue weighted by Crippen LogP contribution is -2.31. The van der Waals surface area contributed by atoms with E-state index in [4.69, 9.17) is 5.73 Å². The molecule has 0 unspecified atom stereocenters. The summed E-state index contributed by atoms with van der Waals surface area (Å²) in [6.07, 6.45) is 7.65. The monoisotopic (exact) mass is 296 g/mol. The van der Waals surface area contributed by atoms with Gasteiger partial charge in [-0.25, -0.2) is 0 Å². The van der Waals surface area contributed by atoms with Crippen LogP contribution in [0.15, 0.2) is 47.9 Å². The molecule has 0 aliphatic heterocycles. The number of amides is 1. The molecule has 0 aliphatic carbocycles. The molecule has 110 valence electrons. The van der Waals surface area contributed by atoms with Crippen LogP contribution < -0.4 is 11.3 Å². The maximum atomic E-state index is 12.6. The van der Waals surface area contributed by atoms with Crippen molar-refractivity contribution in [3.63, 3.8) is 0 Å². The van der Waals surface area contributed by atoms with Gasteiger partial charge in [0.05, 0.1) is 18.6 Å².